The first-order chi connectivity index (χ1) is 11.6. The van der Waals surface area contributed by atoms with E-state index in [1.54, 1.807) is 12.1 Å². The molecule has 1 saturated carbocycles. The van der Waals surface area contributed by atoms with E-state index in [2.05, 4.69) is 10.3 Å². The second-order valence-electron chi connectivity index (χ2n) is 6.21. The molecule has 2 aliphatic rings. The predicted molar refractivity (Wildman–Crippen MR) is 86.2 cm³/mol. The van der Waals surface area contributed by atoms with Crippen molar-refractivity contribution in [3.05, 3.63) is 18.3 Å². The smallest absolute Gasteiger partial charge is 0.233 e. The van der Waals surface area contributed by atoms with Gasteiger partial charge in [-0.1, -0.05) is 12.8 Å². The van der Waals surface area contributed by atoms with Gasteiger partial charge >= 0.3 is 0 Å². The second kappa shape index (κ2) is 6.98. The summed E-state index contributed by atoms with van der Waals surface area (Å²) in [5.74, 6) is -0.339. The number of likely N-dealkylation sites (tertiary alicyclic amines) is 1. The Bertz CT molecular complexity index is 620. The quantitative estimate of drug-likeness (QED) is 0.828. The molecule has 1 aliphatic heterocycles. The fourth-order valence-electron chi connectivity index (χ4n) is 3.46. The van der Waals surface area contributed by atoms with Crippen LogP contribution < -0.4 is 10.1 Å². The average Bonchev–Trinajstić information content (AvgIpc) is 2.85. The molecule has 1 saturated heterocycles. The number of imide groups is 1. The normalized spacial score (nSPS) is 23.1. The zero-order valence-corrected chi connectivity index (χ0v) is 13.7. The summed E-state index contributed by atoms with van der Waals surface area (Å²) in [5, 5.41) is 2.70. The summed E-state index contributed by atoms with van der Waals surface area (Å²) in [5.41, 5.74) is 0.550. The number of nitrogens with zero attached hydrogens (tertiary/aromatic N) is 2. The molecule has 3 amide bonds. The van der Waals surface area contributed by atoms with Gasteiger partial charge < -0.3 is 10.1 Å². The van der Waals surface area contributed by atoms with Gasteiger partial charge in [-0.2, -0.15) is 0 Å². The van der Waals surface area contributed by atoms with Gasteiger partial charge in [0.15, 0.2) is 0 Å². The summed E-state index contributed by atoms with van der Waals surface area (Å²) in [6.45, 7) is 0.139. The maximum Gasteiger partial charge on any atom is 0.233 e. The third-order valence-electron chi connectivity index (χ3n) is 4.72. The number of methoxy groups -OCH3 is 1. The molecule has 1 N–H and O–H groups in total. The van der Waals surface area contributed by atoms with Gasteiger partial charge in [0.05, 0.1) is 30.8 Å². The number of carbonyl (C=O) groups is 3. The van der Waals surface area contributed by atoms with Gasteiger partial charge in [0.1, 0.15) is 0 Å². The molecule has 0 aromatic carbocycles. The van der Waals surface area contributed by atoms with Gasteiger partial charge in [0.25, 0.3) is 0 Å². The van der Waals surface area contributed by atoms with Crippen LogP contribution in [0.4, 0.5) is 5.69 Å². The van der Waals surface area contributed by atoms with Crippen molar-refractivity contribution >= 4 is 23.4 Å². The van der Waals surface area contributed by atoms with Gasteiger partial charge in [-0.3, -0.25) is 19.3 Å². The van der Waals surface area contributed by atoms with E-state index >= 15 is 0 Å². The summed E-state index contributed by atoms with van der Waals surface area (Å²) in [7, 11) is 1.52. The van der Waals surface area contributed by atoms with Gasteiger partial charge in [-0.05, 0) is 18.9 Å². The lowest BCUT2D eigenvalue weighted by atomic mass is 9.81. The van der Waals surface area contributed by atoms with Crippen molar-refractivity contribution in [2.24, 2.45) is 11.8 Å². The van der Waals surface area contributed by atoms with E-state index in [1.807, 2.05) is 0 Å². The number of anilines is 1. The minimum atomic E-state index is -0.252. The Kier molecular flexibility index (Phi) is 4.78. The van der Waals surface area contributed by atoms with Crippen molar-refractivity contribution in [1.82, 2.24) is 9.88 Å². The summed E-state index contributed by atoms with van der Waals surface area (Å²) in [4.78, 5) is 42.0. The van der Waals surface area contributed by atoms with Crippen molar-refractivity contribution < 1.29 is 19.1 Å². The monoisotopic (exact) mass is 331 g/mol. The lowest BCUT2D eigenvalue weighted by Crippen LogP contribution is -2.34. The van der Waals surface area contributed by atoms with E-state index < -0.39 is 0 Å². The maximum absolute atomic E-state index is 12.3. The van der Waals surface area contributed by atoms with Crippen LogP contribution in [-0.4, -0.2) is 41.3 Å². The molecule has 2 fully saturated rings. The zero-order chi connectivity index (χ0) is 17.1. The molecule has 24 heavy (non-hydrogen) atoms. The Morgan fingerprint density at radius 3 is 2.46 bits per heavy atom. The summed E-state index contributed by atoms with van der Waals surface area (Å²) in [6.07, 6.45) is 5.16. The van der Waals surface area contributed by atoms with Crippen LogP contribution in [0.3, 0.4) is 0 Å². The average molecular weight is 331 g/mol. The lowest BCUT2D eigenvalue weighted by molar-refractivity contribution is -0.140. The Morgan fingerprint density at radius 2 is 1.92 bits per heavy atom. The number of pyridine rings is 1. The lowest BCUT2D eigenvalue weighted by Gasteiger charge is -2.19. The van der Waals surface area contributed by atoms with Crippen LogP contribution in [0.15, 0.2) is 18.3 Å². The number of aromatic nitrogens is 1. The molecule has 128 valence electrons. The molecule has 1 aromatic rings. The minimum absolute atomic E-state index is 0.0863. The fraction of sp³-hybridized carbons (Fsp3) is 0.529. The van der Waals surface area contributed by atoms with E-state index in [-0.39, 0.29) is 42.5 Å². The molecule has 1 aliphatic carbocycles. The van der Waals surface area contributed by atoms with E-state index in [9.17, 15) is 14.4 Å². The number of carbonyl (C=O) groups excluding carboxylic acids is 3. The number of ether oxygens (including phenoxy) is 1. The minimum Gasteiger partial charge on any atom is -0.481 e. The first-order valence-electron chi connectivity index (χ1n) is 8.25. The summed E-state index contributed by atoms with van der Waals surface area (Å²) in [6, 6.07) is 3.33. The Morgan fingerprint density at radius 1 is 1.25 bits per heavy atom. The molecular formula is C17H21N3O4. The van der Waals surface area contributed by atoms with Gasteiger partial charge in [-0.15, -0.1) is 0 Å². The highest BCUT2D eigenvalue weighted by Crippen LogP contribution is 2.37. The first kappa shape index (κ1) is 16.4. The van der Waals surface area contributed by atoms with Gasteiger partial charge in [0.2, 0.25) is 23.6 Å². The Balaban J connectivity index is 1.54. The first-order valence-corrected chi connectivity index (χ1v) is 8.25. The molecule has 1 aromatic heterocycles. The molecule has 0 spiro atoms. The van der Waals surface area contributed by atoms with Crippen LogP contribution in [0.1, 0.15) is 32.1 Å². The van der Waals surface area contributed by atoms with Crippen LogP contribution in [0.2, 0.25) is 0 Å². The van der Waals surface area contributed by atoms with Gasteiger partial charge in [0, 0.05) is 19.0 Å². The molecule has 7 nitrogen and oxygen atoms in total. The van der Waals surface area contributed by atoms with E-state index in [0.717, 1.165) is 25.7 Å². The fourth-order valence-corrected chi connectivity index (χ4v) is 3.46. The third-order valence-corrected chi connectivity index (χ3v) is 4.72. The maximum atomic E-state index is 12.3. The molecule has 3 rings (SSSR count). The number of fused-ring (bicyclic) bond motifs is 1. The number of hydrogen-bond donors (Lipinski definition) is 1. The molecule has 7 heteroatoms. The second-order valence-corrected chi connectivity index (χ2v) is 6.21. The van der Waals surface area contributed by atoms with Crippen molar-refractivity contribution in [3.8, 4) is 5.88 Å². The van der Waals surface area contributed by atoms with Crippen LogP contribution in [0.5, 0.6) is 5.88 Å². The van der Waals surface area contributed by atoms with Crippen molar-refractivity contribution in [3.63, 3.8) is 0 Å². The SMILES string of the molecule is COc1ccc(NC(=O)CCN2C(=O)C3CCCCC3C2=O)cn1. The Labute approximate surface area is 140 Å². The molecule has 2 atom stereocenters. The third kappa shape index (κ3) is 3.25. The Hall–Kier alpha value is -2.44. The molecule has 2 heterocycles. The van der Waals surface area contributed by atoms with E-state index in [4.69, 9.17) is 4.74 Å². The number of amides is 3. The molecular weight excluding hydrogens is 310 g/mol. The van der Waals surface area contributed by atoms with E-state index in [1.165, 1.54) is 18.2 Å². The number of rotatable bonds is 5. The van der Waals surface area contributed by atoms with Crippen LogP contribution in [-0.2, 0) is 14.4 Å². The molecule has 2 unspecified atom stereocenters. The summed E-state index contributed by atoms with van der Waals surface area (Å²) < 4.78 is 4.95. The van der Waals surface area contributed by atoms with Crippen LogP contribution in [0, 0.1) is 11.8 Å². The van der Waals surface area contributed by atoms with Gasteiger partial charge in [-0.25, -0.2) is 4.98 Å². The predicted octanol–water partition coefficient (Wildman–Crippen LogP) is 1.59. The topological polar surface area (TPSA) is 88.6 Å². The molecule has 0 bridgehead atoms. The van der Waals surface area contributed by atoms with Crippen molar-refractivity contribution in [2.45, 2.75) is 32.1 Å². The summed E-state index contributed by atoms with van der Waals surface area (Å²) >= 11 is 0. The van der Waals surface area contributed by atoms with Crippen LogP contribution in [0.25, 0.3) is 0 Å². The highest BCUT2D eigenvalue weighted by atomic mass is 16.5. The van der Waals surface area contributed by atoms with E-state index in [0.29, 0.717) is 11.6 Å². The van der Waals surface area contributed by atoms with Crippen LogP contribution >= 0.6 is 0 Å². The zero-order valence-electron chi connectivity index (χ0n) is 13.7. The largest absolute Gasteiger partial charge is 0.481 e. The number of nitrogens with one attached hydrogen (secondary N) is 1. The van der Waals surface area contributed by atoms with Crippen molar-refractivity contribution in [1.29, 1.82) is 0 Å². The van der Waals surface area contributed by atoms with Crippen molar-refractivity contribution in [2.75, 3.05) is 19.0 Å². The molecule has 0 radical (unpaired) electrons. The highest BCUT2D eigenvalue weighted by molar-refractivity contribution is 6.05. The standard InChI is InChI=1S/C17H21N3O4/c1-24-15-7-6-11(10-18-15)19-14(21)8-9-20-16(22)12-4-2-3-5-13(12)17(20)23/h6-7,10,12-13H,2-5,8-9H2,1H3,(H,19,21). The number of hydrogen-bond acceptors (Lipinski definition) is 5. The highest BCUT2D eigenvalue weighted by Gasteiger charge is 2.47.